The van der Waals surface area contributed by atoms with E-state index in [4.69, 9.17) is 4.74 Å². The molecule has 0 bridgehead atoms. The topological polar surface area (TPSA) is 58.2 Å². The number of hydrogen-bond acceptors (Lipinski definition) is 4. The molecule has 3 heterocycles. The SMILES string of the molecule is Cc1nc(-c2c[nH]c(C(=O)N3CCO[C@@H]4CCCC[C@H]43)c2)cs1. The lowest BCUT2D eigenvalue weighted by molar-refractivity contribution is -0.0754. The number of aromatic amines is 1. The molecule has 1 aliphatic heterocycles. The molecule has 0 radical (unpaired) electrons. The first-order chi connectivity index (χ1) is 11.2. The van der Waals surface area contributed by atoms with Crippen LogP contribution in [-0.2, 0) is 4.74 Å². The molecule has 2 fully saturated rings. The summed E-state index contributed by atoms with van der Waals surface area (Å²) in [5.41, 5.74) is 2.56. The molecule has 6 heteroatoms. The van der Waals surface area contributed by atoms with Crippen molar-refractivity contribution in [1.29, 1.82) is 0 Å². The van der Waals surface area contributed by atoms with Gasteiger partial charge >= 0.3 is 0 Å². The molecule has 1 aliphatic carbocycles. The molecule has 0 aromatic carbocycles. The Morgan fingerprint density at radius 2 is 2.30 bits per heavy atom. The number of fused-ring (bicyclic) bond motifs is 1. The fourth-order valence-electron chi connectivity index (χ4n) is 3.67. The van der Waals surface area contributed by atoms with Gasteiger partial charge < -0.3 is 14.6 Å². The van der Waals surface area contributed by atoms with E-state index in [9.17, 15) is 4.79 Å². The van der Waals surface area contributed by atoms with E-state index in [1.54, 1.807) is 11.3 Å². The van der Waals surface area contributed by atoms with E-state index in [2.05, 4.69) is 9.97 Å². The van der Waals surface area contributed by atoms with Crippen LogP contribution in [-0.4, -0.2) is 46.1 Å². The van der Waals surface area contributed by atoms with Crippen molar-refractivity contribution >= 4 is 17.2 Å². The van der Waals surface area contributed by atoms with E-state index in [-0.39, 0.29) is 18.1 Å². The number of thiazole rings is 1. The Bertz CT molecular complexity index is 706. The van der Waals surface area contributed by atoms with E-state index in [0.29, 0.717) is 18.8 Å². The summed E-state index contributed by atoms with van der Waals surface area (Å²) >= 11 is 1.62. The number of carbonyl (C=O) groups excluding carboxylic acids is 1. The highest BCUT2D eigenvalue weighted by atomic mass is 32.1. The van der Waals surface area contributed by atoms with Crippen LogP contribution in [0.3, 0.4) is 0 Å². The van der Waals surface area contributed by atoms with Crippen molar-refractivity contribution < 1.29 is 9.53 Å². The summed E-state index contributed by atoms with van der Waals surface area (Å²) in [7, 11) is 0. The lowest BCUT2D eigenvalue weighted by atomic mass is 9.90. The first kappa shape index (κ1) is 14.9. The predicted octanol–water partition coefficient (Wildman–Crippen LogP) is 3.23. The van der Waals surface area contributed by atoms with Crippen molar-refractivity contribution in [1.82, 2.24) is 14.9 Å². The Kier molecular flexibility index (Phi) is 3.95. The molecule has 0 spiro atoms. The van der Waals surface area contributed by atoms with Gasteiger partial charge in [0.1, 0.15) is 5.69 Å². The van der Waals surface area contributed by atoms with Crippen LogP contribution >= 0.6 is 11.3 Å². The fourth-order valence-corrected chi connectivity index (χ4v) is 4.29. The summed E-state index contributed by atoms with van der Waals surface area (Å²) in [6.45, 7) is 3.32. The van der Waals surface area contributed by atoms with Gasteiger partial charge in [-0.3, -0.25) is 4.79 Å². The lowest BCUT2D eigenvalue weighted by Crippen LogP contribution is -2.54. The first-order valence-corrected chi connectivity index (χ1v) is 9.14. The maximum atomic E-state index is 12.9. The van der Waals surface area contributed by atoms with Crippen molar-refractivity contribution in [3.05, 3.63) is 28.3 Å². The van der Waals surface area contributed by atoms with Crippen LogP contribution in [0.4, 0.5) is 0 Å². The normalized spacial score (nSPS) is 24.5. The monoisotopic (exact) mass is 331 g/mol. The Balaban J connectivity index is 1.55. The summed E-state index contributed by atoms with van der Waals surface area (Å²) in [6, 6.07) is 2.16. The summed E-state index contributed by atoms with van der Waals surface area (Å²) in [5, 5.41) is 3.06. The quantitative estimate of drug-likeness (QED) is 0.919. The van der Waals surface area contributed by atoms with Crippen LogP contribution in [0.15, 0.2) is 17.6 Å². The zero-order chi connectivity index (χ0) is 15.8. The molecule has 5 nitrogen and oxygen atoms in total. The number of H-pyrrole nitrogens is 1. The number of amides is 1. The van der Waals surface area contributed by atoms with Gasteiger partial charge in [0.05, 0.1) is 29.5 Å². The van der Waals surface area contributed by atoms with Crippen molar-refractivity contribution in [3.63, 3.8) is 0 Å². The molecule has 2 aliphatic rings. The maximum absolute atomic E-state index is 12.9. The number of nitrogens with one attached hydrogen (secondary N) is 1. The highest BCUT2D eigenvalue weighted by Crippen LogP contribution is 2.30. The van der Waals surface area contributed by atoms with Gasteiger partial charge in [0.25, 0.3) is 5.91 Å². The second-order valence-electron chi connectivity index (χ2n) is 6.31. The third-order valence-corrected chi connectivity index (χ3v) is 5.59. The number of aryl methyl sites for hydroxylation is 1. The number of rotatable bonds is 2. The maximum Gasteiger partial charge on any atom is 0.270 e. The van der Waals surface area contributed by atoms with Gasteiger partial charge in [-0.1, -0.05) is 12.8 Å². The summed E-state index contributed by atoms with van der Waals surface area (Å²) in [4.78, 5) is 22.6. The number of hydrogen-bond donors (Lipinski definition) is 1. The molecule has 1 saturated carbocycles. The van der Waals surface area contributed by atoms with E-state index < -0.39 is 0 Å². The average molecular weight is 331 g/mol. The molecule has 0 unspecified atom stereocenters. The minimum absolute atomic E-state index is 0.0865. The highest BCUT2D eigenvalue weighted by molar-refractivity contribution is 7.09. The molecular formula is C17H21N3O2S. The van der Waals surface area contributed by atoms with Crippen LogP contribution in [0, 0.1) is 6.92 Å². The minimum Gasteiger partial charge on any atom is -0.374 e. The van der Waals surface area contributed by atoms with Crippen LogP contribution in [0.25, 0.3) is 11.3 Å². The van der Waals surface area contributed by atoms with Crippen molar-refractivity contribution in [2.24, 2.45) is 0 Å². The fraction of sp³-hybridized carbons (Fsp3) is 0.529. The number of ether oxygens (including phenoxy) is 1. The van der Waals surface area contributed by atoms with Crippen LogP contribution in [0.2, 0.25) is 0 Å². The minimum atomic E-state index is 0.0865. The molecular weight excluding hydrogens is 310 g/mol. The van der Waals surface area contributed by atoms with Gasteiger partial charge in [-0.15, -0.1) is 11.3 Å². The van der Waals surface area contributed by atoms with Gasteiger partial charge in [0.2, 0.25) is 0 Å². The van der Waals surface area contributed by atoms with Gasteiger partial charge in [-0.25, -0.2) is 4.98 Å². The summed E-state index contributed by atoms with van der Waals surface area (Å²) in [5.74, 6) is 0.0865. The Morgan fingerprint density at radius 3 is 3.13 bits per heavy atom. The molecule has 23 heavy (non-hydrogen) atoms. The van der Waals surface area contributed by atoms with E-state index in [0.717, 1.165) is 29.1 Å². The number of carbonyl (C=O) groups is 1. The predicted molar refractivity (Wildman–Crippen MR) is 89.7 cm³/mol. The van der Waals surface area contributed by atoms with Crippen molar-refractivity contribution in [3.8, 4) is 11.3 Å². The number of nitrogens with zero attached hydrogens (tertiary/aromatic N) is 2. The van der Waals surface area contributed by atoms with Crippen LogP contribution in [0.1, 0.15) is 41.2 Å². The molecule has 1 amide bonds. The zero-order valence-corrected chi connectivity index (χ0v) is 14.1. The number of morpholine rings is 1. The third-order valence-electron chi connectivity index (χ3n) is 4.82. The van der Waals surface area contributed by atoms with Crippen molar-refractivity contribution in [2.75, 3.05) is 13.2 Å². The molecule has 1 saturated heterocycles. The zero-order valence-electron chi connectivity index (χ0n) is 13.2. The molecule has 122 valence electrons. The molecule has 2 atom stereocenters. The first-order valence-electron chi connectivity index (χ1n) is 8.26. The molecule has 1 N–H and O–H groups in total. The second-order valence-corrected chi connectivity index (χ2v) is 7.38. The molecule has 4 rings (SSSR count). The standard InChI is InChI=1S/C17H21N3O2S/c1-11-19-14(10-23-11)12-8-13(18-9-12)17(21)20-6-7-22-16-5-3-2-4-15(16)20/h8-10,15-16,18H,2-7H2,1H3/t15-,16-/m1/s1. The van der Waals surface area contributed by atoms with Crippen LogP contribution in [0.5, 0.6) is 0 Å². The molecule has 2 aromatic heterocycles. The second kappa shape index (κ2) is 6.09. The van der Waals surface area contributed by atoms with Crippen molar-refractivity contribution in [2.45, 2.75) is 44.8 Å². The van der Waals surface area contributed by atoms with E-state index >= 15 is 0 Å². The largest absolute Gasteiger partial charge is 0.374 e. The van der Waals surface area contributed by atoms with Gasteiger partial charge in [0, 0.05) is 23.7 Å². The Morgan fingerprint density at radius 1 is 1.43 bits per heavy atom. The van der Waals surface area contributed by atoms with E-state index in [1.165, 1.54) is 12.8 Å². The third kappa shape index (κ3) is 2.81. The van der Waals surface area contributed by atoms with Gasteiger partial charge in [-0.05, 0) is 25.8 Å². The number of aromatic nitrogens is 2. The average Bonchev–Trinajstić information content (AvgIpc) is 3.22. The smallest absolute Gasteiger partial charge is 0.270 e. The van der Waals surface area contributed by atoms with E-state index in [1.807, 2.05) is 29.5 Å². The highest BCUT2D eigenvalue weighted by Gasteiger charge is 2.37. The van der Waals surface area contributed by atoms with Gasteiger partial charge in [0.15, 0.2) is 0 Å². The summed E-state index contributed by atoms with van der Waals surface area (Å²) in [6.07, 6.45) is 6.61. The summed E-state index contributed by atoms with van der Waals surface area (Å²) < 4.78 is 5.86. The lowest BCUT2D eigenvalue weighted by Gasteiger charge is -2.43. The Labute approximate surface area is 139 Å². The van der Waals surface area contributed by atoms with Gasteiger partial charge in [-0.2, -0.15) is 0 Å². The molecule has 2 aromatic rings. The van der Waals surface area contributed by atoms with Crippen LogP contribution < -0.4 is 0 Å². The Hall–Kier alpha value is -1.66.